The van der Waals surface area contributed by atoms with Gasteiger partial charge < -0.3 is 10.2 Å². The number of para-hydroxylation sites is 1. The zero-order valence-corrected chi connectivity index (χ0v) is 17.8. The summed E-state index contributed by atoms with van der Waals surface area (Å²) >= 11 is 0. The van der Waals surface area contributed by atoms with E-state index in [1.165, 1.54) is 18.8 Å². The molecule has 162 valence electrons. The average molecular weight is 421 g/mol. The van der Waals surface area contributed by atoms with Crippen molar-refractivity contribution in [2.24, 2.45) is 0 Å². The predicted octanol–water partition coefficient (Wildman–Crippen LogP) is 2.24. The lowest BCUT2D eigenvalue weighted by atomic mass is 10.1. The van der Waals surface area contributed by atoms with Crippen LogP contribution in [0.3, 0.4) is 0 Å². The molecule has 4 rings (SSSR count). The van der Waals surface area contributed by atoms with Gasteiger partial charge in [0.2, 0.25) is 0 Å². The Labute approximate surface area is 182 Å². The lowest BCUT2D eigenvalue weighted by Crippen LogP contribution is -2.46. The van der Waals surface area contributed by atoms with E-state index < -0.39 is 0 Å². The van der Waals surface area contributed by atoms with Crippen LogP contribution in [0.5, 0.6) is 0 Å². The summed E-state index contributed by atoms with van der Waals surface area (Å²) in [7, 11) is 1.45. The molecule has 0 bridgehead atoms. The van der Waals surface area contributed by atoms with Crippen molar-refractivity contribution < 1.29 is 14.4 Å². The highest BCUT2D eigenvalue weighted by Gasteiger charge is 2.33. The van der Waals surface area contributed by atoms with E-state index in [1.54, 1.807) is 12.1 Å². The maximum atomic E-state index is 12.4. The molecule has 3 amide bonds. The van der Waals surface area contributed by atoms with E-state index in [4.69, 9.17) is 0 Å². The molecule has 7 nitrogen and oxygen atoms in total. The largest absolute Gasteiger partial charge is 0.369 e. The molecule has 0 aliphatic carbocycles. The van der Waals surface area contributed by atoms with E-state index in [0.29, 0.717) is 23.2 Å². The third-order valence-electron chi connectivity index (χ3n) is 6.03. The summed E-state index contributed by atoms with van der Waals surface area (Å²) in [5.74, 6) is -0.896. The second kappa shape index (κ2) is 9.31. The lowest BCUT2D eigenvalue weighted by Gasteiger charge is -2.36. The topological polar surface area (TPSA) is 73.0 Å². The maximum absolute atomic E-state index is 12.4. The van der Waals surface area contributed by atoms with Crippen LogP contribution in [-0.4, -0.2) is 73.8 Å². The van der Waals surface area contributed by atoms with Crippen molar-refractivity contribution in [3.63, 3.8) is 0 Å². The number of nitrogens with zero attached hydrogens (tertiary/aromatic N) is 3. The third kappa shape index (κ3) is 4.61. The molecule has 0 spiro atoms. The summed E-state index contributed by atoms with van der Waals surface area (Å²) in [5.41, 5.74) is 2.35. The van der Waals surface area contributed by atoms with Gasteiger partial charge in [-0.15, -0.1) is 0 Å². The summed E-state index contributed by atoms with van der Waals surface area (Å²) in [6, 6.07) is 15.2. The highest BCUT2D eigenvalue weighted by atomic mass is 16.2. The summed E-state index contributed by atoms with van der Waals surface area (Å²) < 4.78 is 0. The lowest BCUT2D eigenvalue weighted by molar-refractivity contribution is 0.0693. The van der Waals surface area contributed by atoms with Crippen LogP contribution in [0.25, 0.3) is 0 Å². The first-order chi connectivity index (χ1) is 15.0. The molecule has 1 saturated heterocycles. The molecule has 2 aromatic rings. The molecule has 2 heterocycles. The Bertz CT molecular complexity index is 968. The average Bonchev–Trinajstić information content (AvgIpc) is 3.03. The van der Waals surface area contributed by atoms with E-state index in [2.05, 4.69) is 39.4 Å². The van der Waals surface area contributed by atoms with Crippen LogP contribution >= 0.6 is 0 Å². The van der Waals surface area contributed by atoms with Gasteiger partial charge in [-0.2, -0.15) is 0 Å². The van der Waals surface area contributed by atoms with Crippen molar-refractivity contribution in [3.05, 3.63) is 65.2 Å². The smallest absolute Gasteiger partial charge is 0.261 e. The Balaban J connectivity index is 1.16. The molecule has 0 aromatic heterocycles. The first-order valence-electron chi connectivity index (χ1n) is 10.8. The monoisotopic (exact) mass is 420 g/mol. The first kappa shape index (κ1) is 21.1. The number of hydrogen-bond donors (Lipinski definition) is 1. The number of amides is 3. The third-order valence-corrected chi connectivity index (χ3v) is 6.03. The predicted molar refractivity (Wildman–Crippen MR) is 120 cm³/mol. The molecule has 1 fully saturated rings. The zero-order chi connectivity index (χ0) is 21.8. The molecular weight excluding hydrogens is 392 g/mol. The number of hydrogen-bond acceptors (Lipinski definition) is 5. The first-order valence-corrected chi connectivity index (χ1v) is 10.8. The molecule has 1 N–H and O–H groups in total. The molecule has 0 atom stereocenters. The normalized spacial score (nSPS) is 16.5. The second-order valence-electron chi connectivity index (χ2n) is 8.06. The highest BCUT2D eigenvalue weighted by molar-refractivity contribution is 6.21. The standard InChI is InChI=1S/C24H28N4O3/c1-26-23(30)20-10-9-18(17-21(20)24(26)31)22(29)25-11-5-6-12-27-13-15-28(16-14-27)19-7-3-2-4-8-19/h2-4,7-10,17H,5-6,11-16H2,1H3,(H,25,29). The van der Waals surface area contributed by atoms with Gasteiger partial charge in [-0.3, -0.25) is 24.2 Å². The molecular formula is C24H28N4O3. The molecule has 2 aliphatic heterocycles. The Kier molecular flexibility index (Phi) is 6.32. The second-order valence-corrected chi connectivity index (χ2v) is 8.06. The number of carbonyl (C=O) groups is 3. The van der Waals surface area contributed by atoms with Gasteiger partial charge in [-0.25, -0.2) is 0 Å². The summed E-state index contributed by atoms with van der Waals surface area (Å²) in [4.78, 5) is 42.4. The summed E-state index contributed by atoms with van der Waals surface area (Å²) in [6.45, 7) is 5.80. The quantitative estimate of drug-likeness (QED) is 0.549. The van der Waals surface area contributed by atoms with Crippen LogP contribution in [0.1, 0.15) is 43.9 Å². The van der Waals surface area contributed by atoms with Gasteiger partial charge in [0.15, 0.2) is 0 Å². The van der Waals surface area contributed by atoms with E-state index in [0.717, 1.165) is 50.5 Å². The Hall–Kier alpha value is -3.19. The van der Waals surface area contributed by atoms with Crippen LogP contribution in [0.15, 0.2) is 48.5 Å². The van der Waals surface area contributed by atoms with Crippen LogP contribution in [0, 0.1) is 0 Å². The molecule has 2 aliphatic rings. The van der Waals surface area contributed by atoms with Crippen molar-refractivity contribution in [3.8, 4) is 0 Å². The Morgan fingerprint density at radius 2 is 1.61 bits per heavy atom. The van der Waals surface area contributed by atoms with Gasteiger partial charge >= 0.3 is 0 Å². The van der Waals surface area contributed by atoms with Crippen molar-refractivity contribution >= 4 is 23.4 Å². The van der Waals surface area contributed by atoms with Gasteiger partial charge in [0.25, 0.3) is 17.7 Å². The van der Waals surface area contributed by atoms with E-state index in [1.807, 2.05) is 6.07 Å². The van der Waals surface area contributed by atoms with Gasteiger partial charge in [-0.05, 0) is 49.7 Å². The molecule has 31 heavy (non-hydrogen) atoms. The highest BCUT2D eigenvalue weighted by Crippen LogP contribution is 2.22. The number of anilines is 1. The van der Waals surface area contributed by atoms with Crippen LogP contribution < -0.4 is 10.2 Å². The van der Waals surface area contributed by atoms with E-state index in [9.17, 15) is 14.4 Å². The zero-order valence-electron chi connectivity index (χ0n) is 17.8. The minimum absolute atomic E-state index is 0.214. The van der Waals surface area contributed by atoms with Gasteiger partial charge in [0, 0.05) is 51.0 Å². The molecule has 0 radical (unpaired) electrons. The summed E-state index contributed by atoms with van der Waals surface area (Å²) in [6.07, 6.45) is 1.92. The fourth-order valence-corrected chi connectivity index (χ4v) is 4.14. The number of nitrogens with one attached hydrogen (secondary N) is 1. The van der Waals surface area contributed by atoms with Crippen molar-refractivity contribution in [2.45, 2.75) is 12.8 Å². The molecule has 0 unspecified atom stereocenters. The number of carbonyl (C=O) groups excluding carboxylic acids is 3. The number of rotatable bonds is 7. The van der Waals surface area contributed by atoms with Crippen LogP contribution in [0.2, 0.25) is 0 Å². The maximum Gasteiger partial charge on any atom is 0.261 e. The van der Waals surface area contributed by atoms with E-state index in [-0.39, 0.29) is 17.7 Å². The Morgan fingerprint density at radius 3 is 2.35 bits per heavy atom. The van der Waals surface area contributed by atoms with Crippen LogP contribution in [-0.2, 0) is 0 Å². The van der Waals surface area contributed by atoms with Crippen molar-refractivity contribution in [1.29, 1.82) is 0 Å². The van der Waals surface area contributed by atoms with Gasteiger partial charge in [-0.1, -0.05) is 18.2 Å². The number of imide groups is 1. The number of piperazine rings is 1. The fourth-order valence-electron chi connectivity index (χ4n) is 4.14. The van der Waals surface area contributed by atoms with Crippen molar-refractivity contribution in [2.75, 3.05) is 51.2 Å². The minimum Gasteiger partial charge on any atom is -0.369 e. The fraction of sp³-hybridized carbons (Fsp3) is 0.375. The molecule has 0 saturated carbocycles. The minimum atomic E-state index is -0.359. The van der Waals surface area contributed by atoms with Crippen LogP contribution in [0.4, 0.5) is 5.69 Å². The van der Waals surface area contributed by atoms with Gasteiger partial charge in [0.05, 0.1) is 11.1 Å². The number of fused-ring (bicyclic) bond motifs is 1. The number of unbranched alkanes of at least 4 members (excludes halogenated alkanes) is 1. The van der Waals surface area contributed by atoms with E-state index >= 15 is 0 Å². The summed E-state index contributed by atoms with van der Waals surface area (Å²) in [5, 5.41) is 2.92. The number of benzene rings is 2. The SMILES string of the molecule is CN1C(=O)c2ccc(C(=O)NCCCCN3CCN(c4ccccc4)CC3)cc2C1=O. The van der Waals surface area contributed by atoms with Gasteiger partial charge in [0.1, 0.15) is 0 Å². The molecule has 2 aromatic carbocycles. The Morgan fingerprint density at radius 1 is 0.903 bits per heavy atom. The van der Waals surface area contributed by atoms with Crippen molar-refractivity contribution in [1.82, 2.24) is 15.1 Å². The molecule has 7 heteroatoms.